The van der Waals surface area contributed by atoms with Gasteiger partial charge in [0.05, 0.1) is 22.1 Å². The third-order valence-corrected chi connectivity index (χ3v) is 6.00. The second-order valence-corrected chi connectivity index (χ2v) is 8.08. The zero-order valence-electron chi connectivity index (χ0n) is 14.1. The van der Waals surface area contributed by atoms with Gasteiger partial charge in [0.2, 0.25) is 10.0 Å². The van der Waals surface area contributed by atoms with Gasteiger partial charge < -0.3 is 5.32 Å². The summed E-state index contributed by atoms with van der Waals surface area (Å²) in [5.74, 6) is -0.430. The number of sulfonamides is 1. The second kappa shape index (κ2) is 6.54. The number of hydrogen-bond donors (Lipinski definition) is 1. The van der Waals surface area contributed by atoms with Gasteiger partial charge >= 0.3 is 0 Å². The average molecular weight is 371 g/mol. The van der Waals surface area contributed by atoms with E-state index in [1.165, 1.54) is 32.3 Å². The van der Waals surface area contributed by atoms with Gasteiger partial charge in [0.1, 0.15) is 4.90 Å². The molecule has 130 valence electrons. The fraction of sp³-hybridized carbons (Fsp3) is 0.333. The van der Waals surface area contributed by atoms with Crippen LogP contribution >= 0.6 is 11.6 Å². The molecule has 0 saturated carbocycles. The van der Waals surface area contributed by atoms with Gasteiger partial charge in [-0.05, 0) is 32.0 Å². The molecule has 1 heterocycles. The largest absolute Gasteiger partial charge is 0.319 e. The fourth-order valence-electron chi connectivity index (χ4n) is 2.18. The number of rotatable bonds is 4. The van der Waals surface area contributed by atoms with Crippen LogP contribution in [0.4, 0.5) is 5.69 Å². The lowest BCUT2D eigenvalue weighted by molar-refractivity contribution is 0.102. The van der Waals surface area contributed by atoms with Gasteiger partial charge in [-0.25, -0.2) is 12.7 Å². The van der Waals surface area contributed by atoms with E-state index in [0.29, 0.717) is 11.4 Å². The lowest BCUT2D eigenvalue weighted by Gasteiger charge is -2.14. The summed E-state index contributed by atoms with van der Waals surface area (Å²) in [6, 6.07) is 4.15. The number of nitrogens with zero attached hydrogens (tertiary/aromatic N) is 3. The highest BCUT2D eigenvalue weighted by Crippen LogP contribution is 2.26. The number of carbonyl (C=O) groups is 1. The van der Waals surface area contributed by atoms with Crippen molar-refractivity contribution in [1.29, 1.82) is 0 Å². The molecule has 1 aromatic heterocycles. The highest BCUT2D eigenvalue weighted by molar-refractivity contribution is 7.89. The first-order valence-corrected chi connectivity index (χ1v) is 8.91. The molecule has 7 nitrogen and oxygen atoms in total. The standard InChI is InChI=1S/C15H19ClN4O3S/c1-9-14(10(2)20(5)18-9)17-15(21)11-6-7-12(16)13(8-11)24(22,23)19(3)4/h6-8H,1-5H3,(H,17,21). The monoisotopic (exact) mass is 370 g/mol. The topological polar surface area (TPSA) is 84.3 Å². The van der Waals surface area contributed by atoms with Crippen molar-refractivity contribution in [2.24, 2.45) is 7.05 Å². The first-order valence-electron chi connectivity index (χ1n) is 7.09. The predicted molar refractivity (Wildman–Crippen MR) is 93.0 cm³/mol. The van der Waals surface area contributed by atoms with Gasteiger partial charge in [-0.1, -0.05) is 11.6 Å². The SMILES string of the molecule is Cc1nn(C)c(C)c1NC(=O)c1ccc(Cl)c(S(=O)(=O)N(C)C)c1. The number of halogens is 1. The number of nitrogens with one attached hydrogen (secondary N) is 1. The Hall–Kier alpha value is -1.90. The Kier molecular flexibility index (Phi) is 5.03. The van der Waals surface area contributed by atoms with Crippen molar-refractivity contribution in [3.05, 3.63) is 40.2 Å². The van der Waals surface area contributed by atoms with Crippen LogP contribution in [-0.4, -0.2) is 42.5 Å². The Balaban J connectivity index is 2.41. The minimum atomic E-state index is -3.74. The highest BCUT2D eigenvalue weighted by Gasteiger charge is 2.23. The summed E-state index contributed by atoms with van der Waals surface area (Å²) in [4.78, 5) is 12.4. The van der Waals surface area contributed by atoms with Gasteiger partial charge in [-0.15, -0.1) is 0 Å². The molecule has 0 fully saturated rings. The maximum Gasteiger partial charge on any atom is 0.255 e. The first kappa shape index (κ1) is 18.4. The van der Waals surface area contributed by atoms with Crippen LogP contribution in [0.2, 0.25) is 5.02 Å². The summed E-state index contributed by atoms with van der Waals surface area (Å²) in [7, 11) is 0.843. The molecule has 0 bridgehead atoms. The Morgan fingerprint density at radius 2 is 1.92 bits per heavy atom. The minimum absolute atomic E-state index is 0.0639. The molecular formula is C15H19ClN4O3S. The Labute approximate surface area is 146 Å². The van der Waals surface area contributed by atoms with E-state index in [0.717, 1.165) is 10.00 Å². The predicted octanol–water partition coefficient (Wildman–Crippen LogP) is 2.19. The van der Waals surface area contributed by atoms with E-state index in [2.05, 4.69) is 10.4 Å². The van der Waals surface area contributed by atoms with Crippen molar-refractivity contribution in [2.45, 2.75) is 18.7 Å². The first-order chi connectivity index (χ1) is 11.1. The molecule has 0 spiro atoms. The molecule has 24 heavy (non-hydrogen) atoms. The molecule has 0 aliphatic rings. The van der Waals surface area contributed by atoms with Crippen LogP contribution in [0.15, 0.2) is 23.1 Å². The Bertz CT molecular complexity index is 904. The van der Waals surface area contributed by atoms with Gasteiger partial charge in [-0.3, -0.25) is 9.48 Å². The fourth-order valence-corrected chi connectivity index (χ4v) is 3.57. The van der Waals surface area contributed by atoms with Crippen molar-refractivity contribution in [3.63, 3.8) is 0 Å². The lowest BCUT2D eigenvalue weighted by Crippen LogP contribution is -2.23. The van der Waals surface area contributed by atoms with E-state index in [1.807, 2.05) is 6.92 Å². The van der Waals surface area contributed by atoms with Crippen LogP contribution in [0.3, 0.4) is 0 Å². The molecular weight excluding hydrogens is 352 g/mol. The minimum Gasteiger partial charge on any atom is -0.319 e. The second-order valence-electron chi connectivity index (χ2n) is 5.56. The van der Waals surface area contributed by atoms with E-state index < -0.39 is 15.9 Å². The molecule has 0 atom stereocenters. The maximum absolute atomic E-state index is 12.5. The number of aromatic nitrogens is 2. The molecule has 1 amide bonds. The number of carbonyl (C=O) groups excluding carboxylic acids is 1. The number of anilines is 1. The normalized spacial score (nSPS) is 11.8. The van der Waals surface area contributed by atoms with E-state index in [1.54, 1.807) is 18.7 Å². The number of amides is 1. The van der Waals surface area contributed by atoms with Crippen LogP contribution < -0.4 is 5.32 Å². The molecule has 0 saturated heterocycles. The van der Waals surface area contributed by atoms with Crippen LogP contribution in [0.1, 0.15) is 21.7 Å². The number of benzene rings is 1. The summed E-state index contributed by atoms with van der Waals surface area (Å²) in [5.41, 5.74) is 2.28. The van der Waals surface area contributed by atoms with E-state index >= 15 is 0 Å². The molecule has 0 radical (unpaired) electrons. The van der Waals surface area contributed by atoms with Crippen LogP contribution in [0, 0.1) is 13.8 Å². The molecule has 1 aromatic carbocycles. The smallest absolute Gasteiger partial charge is 0.255 e. The van der Waals surface area contributed by atoms with Crippen LogP contribution in [-0.2, 0) is 17.1 Å². The van der Waals surface area contributed by atoms with E-state index in [9.17, 15) is 13.2 Å². The Morgan fingerprint density at radius 1 is 1.29 bits per heavy atom. The molecule has 2 aromatic rings. The number of aryl methyl sites for hydroxylation is 2. The summed E-state index contributed by atoms with van der Waals surface area (Å²) in [6.45, 7) is 3.62. The molecule has 0 aliphatic heterocycles. The van der Waals surface area contributed by atoms with E-state index in [-0.39, 0.29) is 15.5 Å². The molecule has 2 rings (SSSR count). The molecule has 1 N–H and O–H groups in total. The van der Waals surface area contributed by atoms with E-state index in [4.69, 9.17) is 11.6 Å². The van der Waals surface area contributed by atoms with Gasteiger partial charge in [0, 0.05) is 26.7 Å². The van der Waals surface area contributed by atoms with Crippen molar-refractivity contribution in [3.8, 4) is 0 Å². The third kappa shape index (κ3) is 3.31. The van der Waals surface area contributed by atoms with Crippen LogP contribution in [0.25, 0.3) is 0 Å². The summed E-state index contributed by atoms with van der Waals surface area (Å²) in [6.07, 6.45) is 0. The lowest BCUT2D eigenvalue weighted by atomic mass is 10.2. The summed E-state index contributed by atoms with van der Waals surface area (Å²) >= 11 is 5.99. The molecule has 0 aliphatic carbocycles. The van der Waals surface area contributed by atoms with Gasteiger partial charge in [0.15, 0.2) is 0 Å². The average Bonchev–Trinajstić information content (AvgIpc) is 2.73. The van der Waals surface area contributed by atoms with Crippen molar-refractivity contribution in [1.82, 2.24) is 14.1 Å². The molecule has 9 heteroatoms. The quantitative estimate of drug-likeness (QED) is 0.894. The highest BCUT2D eigenvalue weighted by atomic mass is 35.5. The van der Waals surface area contributed by atoms with Gasteiger partial charge in [0.25, 0.3) is 5.91 Å². The zero-order valence-corrected chi connectivity index (χ0v) is 15.7. The molecule has 0 unspecified atom stereocenters. The maximum atomic E-state index is 12.5. The van der Waals surface area contributed by atoms with Gasteiger partial charge in [-0.2, -0.15) is 5.10 Å². The van der Waals surface area contributed by atoms with Crippen LogP contribution in [0.5, 0.6) is 0 Å². The van der Waals surface area contributed by atoms with Crippen molar-refractivity contribution in [2.75, 3.05) is 19.4 Å². The van der Waals surface area contributed by atoms with Crippen molar-refractivity contribution >= 4 is 33.2 Å². The van der Waals surface area contributed by atoms with Crippen molar-refractivity contribution < 1.29 is 13.2 Å². The summed E-state index contributed by atoms with van der Waals surface area (Å²) < 4.78 is 27.3. The Morgan fingerprint density at radius 3 is 2.42 bits per heavy atom. The zero-order chi connectivity index (χ0) is 18.2. The summed E-state index contributed by atoms with van der Waals surface area (Å²) in [5, 5.41) is 7.06. The number of hydrogen-bond acceptors (Lipinski definition) is 4. The third-order valence-electron chi connectivity index (χ3n) is 3.70.